The van der Waals surface area contributed by atoms with Crippen molar-refractivity contribution in [1.29, 1.82) is 0 Å². The molecule has 1 saturated carbocycles. The molecule has 0 heterocycles. The molecule has 0 bridgehead atoms. The minimum absolute atomic E-state index is 0.0853. The maximum absolute atomic E-state index is 12.3. The predicted molar refractivity (Wildman–Crippen MR) is 53.7 cm³/mol. The van der Waals surface area contributed by atoms with Crippen molar-refractivity contribution in [3.63, 3.8) is 0 Å². The normalized spacial score (nSPS) is 20.1. The molecule has 1 atom stereocenters. The minimum atomic E-state index is -4.12. The van der Waals surface area contributed by atoms with Gasteiger partial charge in [0.25, 0.3) is 0 Å². The highest BCUT2D eigenvalue weighted by Crippen LogP contribution is 2.32. The summed E-state index contributed by atoms with van der Waals surface area (Å²) in [7, 11) is 0. The largest absolute Gasteiger partial charge is 0.402 e. The zero-order valence-corrected chi connectivity index (χ0v) is 9.74. The first-order valence-electron chi connectivity index (χ1n) is 4.90. The van der Waals surface area contributed by atoms with Gasteiger partial charge in [0, 0.05) is 12.6 Å². The van der Waals surface area contributed by atoms with Gasteiger partial charge in [0.1, 0.15) is 4.83 Å². The summed E-state index contributed by atoms with van der Waals surface area (Å²) in [5, 5.41) is 0. The van der Waals surface area contributed by atoms with Crippen molar-refractivity contribution >= 4 is 15.9 Å². The molecular formula is C9H15BrF3N. The molecule has 0 amide bonds. The Bertz CT molecular complexity index is 179. The first kappa shape index (κ1) is 12.3. The third kappa shape index (κ3) is 3.77. The third-order valence-electron chi connectivity index (χ3n) is 2.32. The topological polar surface area (TPSA) is 3.24 Å². The Morgan fingerprint density at radius 1 is 1.43 bits per heavy atom. The second-order valence-electron chi connectivity index (χ2n) is 3.74. The molecule has 0 aliphatic heterocycles. The van der Waals surface area contributed by atoms with Crippen LogP contribution in [0.3, 0.4) is 0 Å². The Balaban J connectivity index is 2.38. The van der Waals surface area contributed by atoms with Gasteiger partial charge in [-0.15, -0.1) is 0 Å². The monoisotopic (exact) mass is 273 g/mol. The molecule has 1 rings (SSSR count). The summed E-state index contributed by atoms with van der Waals surface area (Å²) in [5.74, 6) is 0. The summed E-state index contributed by atoms with van der Waals surface area (Å²) >= 11 is 2.70. The maximum Gasteiger partial charge on any atom is 0.402 e. The van der Waals surface area contributed by atoms with E-state index < -0.39 is 11.0 Å². The van der Waals surface area contributed by atoms with E-state index in [0.29, 0.717) is 6.04 Å². The van der Waals surface area contributed by atoms with E-state index in [2.05, 4.69) is 15.9 Å². The zero-order chi connectivity index (χ0) is 10.8. The van der Waals surface area contributed by atoms with Gasteiger partial charge in [-0.3, -0.25) is 4.90 Å². The summed E-state index contributed by atoms with van der Waals surface area (Å²) in [5.41, 5.74) is 0. The number of rotatable bonds is 5. The highest BCUT2D eigenvalue weighted by molar-refractivity contribution is 9.09. The van der Waals surface area contributed by atoms with E-state index in [1.54, 1.807) is 0 Å². The van der Waals surface area contributed by atoms with Gasteiger partial charge in [-0.25, -0.2) is 0 Å². The fourth-order valence-electron chi connectivity index (χ4n) is 1.46. The number of nitrogens with zero attached hydrogens (tertiary/aromatic N) is 1. The molecule has 0 spiro atoms. The van der Waals surface area contributed by atoms with Crippen LogP contribution < -0.4 is 0 Å². The van der Waals surface area contributed by atoms with Gasteiger partial charge in [0.15, 0.2) is 0 Å². The maximum atomic E-state index is 12.3. The number of hydrogen-bond donors (Lipinski definition) is 0. The SMILES string of the molecule is CCCN(CC(Br)C(F)(F)F)C1CC1. The first-order chi connectivity index (χ1) is 6.45. The van der Waals surface area contributed by atoms with Gasteiger partial charge in [-0.2, -0.15) is 13.2 Å². The van der Waals surface area contributed by atoms with Crippen LogP contribution in [0, 0.1) is 0 Å². The van der Waals surface area contributed by atoms with Crippen LogP contribution in [0.25, 0.3) is 0 Å². The van der Waals surface area contributed by atoms with Crippen molar-refractivity contribution in [2.75, 3.05) is 13.1 Å². The van der Waals surface area contributed by atoms with Gasteiger partial charge < -0.3 is 0 Å². The molecule has 1 aliphatic rings. The van der Waals surface area contributed by atoms with Gasteiger partial charge >= 0.3 is 6.18 Å². The number of alkyl halides is 4. The highest BCUT2D eigenvalue weighted by atomic mass is 79.9. The molecule has 0 aromatic carbocycles. The molecule has 1 fully saturated rings. The predicted octanol–water partition coefficient (Wildman–Crippen LogP) is 3.19. The van der Waals surface area contributed by atoms with Crippen LogP contribution in [-0.2, 0) is 0 Å². The van der Waals surface area contributed by atoms with Crippen LogP contribution in [-0.4, -0.2) is 35.0 Å². The van der Waals surface area contributed by atoms with Crippen molar-refractivity contribution in [3.05, 3.63) is 0 Å². The van der Waals surface area contributed by atoms with Crippen LogP contribution in [0.1, 0.15) is 26.2 Å². The van der Waals surface area contributed by atoms with E-state index in [-0.39, 0.29) is 6.54 Å². The smallest absolute Gasteiger partial charge is 0.299 e. The summed E-state index contributed by atoms with van der Waals surface area (Å²) in [6.07, 6.45) is -1.11. The Hall–Kier alpha value is 0.230. The molecular weight excluding hydrogens is 259 g/mol. The molecule has 84 valence electrons. The van der Waals surface area contributed by atoms with E-state index in [1.807, 2.05) is 11.8 Å². The molecule has 1 nitrogen and oxygen atoms in total. The third-order valence-corrected chi connectivity index (χ3v) is 3.13. The fourth-order valence-corrected chi connectivity index (χ4v) is 1.83. The van der Waals surface area contributed by atoms with Crippen molar-refractivity contribution < 1.29 is 13.2 Å². The van der Waals surface area contributed by atoms with E-state index in [1.165, 1.54) is 0 Å². The average Bonchev–Trinajstić information content (AvgIpc) is 2.83. The van der Waals surface area contributed by atoms with Gasteiger partial charge in [-0.05, 0) is 25.8 Å². The van der Waals surface area contributed by atoms with Crippen LogP contribution in [0.2, 0.25) is 0 Å². The second kappa shape index (κ2) is 4.84. The number of halogens is 4. The van der Waals surface area contributed by atoms with Crippen LogP contribution in [0.15, 0.2) is 0 Å². The standard InChI is InChI=1S/C9H15BrF3N/c1-2-5-14(7-3-4-7)6-8(10)9(11,12)13/h7-8H,2-6H2,1H3. The van der Waals surface area contributed by atoms with Crippen molar-refractivity contribution in [2.24, 2.45) is 0 Å². The lowest BCUT2D eigenvalue weighted by atomic mass is 10.3. The Morgan fingerprint density at radius 2 is 2.00 bits per heavy atom. The lowest BCUT2D eigenvalue weighted by Gasteiger charge is -2.25. The van der Waals surface area contributed by atoms with E-state index in [4.69, 9.17) is 0 Å². The summed E-state index contributed by atoms with van der Waals surface area (Å²) < 4.78 is 36.8. The quantitative estimate of drug-likeness (QED) is 0.696. The molecule has 0 N–H and O–H groups in total. The summed E-state index contributed by atoms with van der Waals surface area (Å²) in [6, 6.07) is 0.400. The second-order valence-corrected chi connectivity index (χ2v) is 4.84. The molecule has 14 heavy (non-hydrogen) atoms. The first-order valence-corrected chi connectivity index (χ1v) is 5.81. The Labute approximate surface area is 90.8 Å². The molecule has 0 radical (unpaired) electrons. The molecule has 0 saturated heterocycles. The molecule has 1 unspecified atom stereocenters. The average molecular weight is 274 g/mol. The highest BCUT2D eigenvalue weighted by Gasteiger charge is 2.40. The zero-order valence-electron chi connectivity index (χ0n) is 8.15. The fraction of sp³-hybridized carbons (Fsp3) is 1.00. The minimum Gasteiger partial charge on any atom is -0.299 e. The van der Waals surface area contributed by atoms with Gasteiger partial charge in [-0.1, -0.05) is 22.9 Å². The lowest BCUT2D eigenvalue weighted by Crippen LogP contribution is -2.39. The molecule has 0 aromatic rings. The van der Waals surface area contributed by atoms with Crippen molar-refractivity contribution in [2.45, 2.75) is 43.2 Å². The van der Waals surface area contributed by atoms with Crippen LogP contribution in [0.4, 0.5) is 13.2 Å². The van der Waals surface area contributed by atoms with E-state index >= 15 is 0 Å². The van der Waals surface area contributed by atoms with Crippen LogP contribution >= 0.6 is 15.9 Å². The van der Waals surface area contributed by atoms with Gasteiger partial charge in [0.05, 0.1) is 0 Å². The lowest BCUT2D eigenvalue weighted by molar-refractivity contribution is -0.130. The van der Waals surface area contributed by atoms with E-state index in [0.717, 1.165) is 25.8 Å². The number of hydrogen-bond acceptors (Lipinski definition) is 1. The molecule has 1 aliphatic carbocycles. The van der Waals surface area contributed by atoms with Crippen LogP contribution in [0.5, 0.6) is 0 Å². The van der Waals surface area contributed by atoms with Crippen molar-refractivity contribution in [1.82, 2.24) is 4.90 Å². The Morgan fingerprint density at radius 3 is 2.36 bits per heavy atom. The van der Waals surface area contributed by atoms with E-state index in [9.17, 15) is 13.2 Å². The summed E-state index contributed by atoms with van der Waals surface area (Å²) in [6.45, 7) is 2.84. The molecule has 5 heteroatoms. The summed E-state index contributed by atoms with van der Waals surface area (Å²) in [4.78, 5) is 0.551. The Kier molecular flexibility index (Phi) is 4.25. The molecule has 0 aromatic heterocycles. The van der Waals surface area contributed by atoms with Crippen molar-refractivity contribution in [3.8, 4) is 0 Å². The van der Waals surface area contributed by atoms with Gasteiger partial charge in [0.2, 0.25) is 0 Å².